The number of benzene rings is 2. The Morgan fingerprint density at radius 2 is 1.92 bits per heavy atom. The lowest BCUT2D eigenvalue weighted by Crippen LogP contribution is -2.26. The standard InChI is InChI=1S/C20H23ClFNO2/c1-3-25-18-11-14(10-17(21)19(18)24-2)12-23-13-20(8-9-20)15-4-6-16(22)7-5-15/h4-7,10-11,23H,3,8-9,12-13H2,1-2H3. The second-order valence-electron chi connectivity index (χ2n) is 6.43. The zero-order chi connectivity index (χ0) is 17.9. The van der Waals surface area contributed by atoms with Crippen LogP contribution in [0, 0.1) is 5.82 Å². The number of nitrogens with one attached hydrogen (secondary N) is 1. The van der Waals surface area contributed by atoms with Crippen LogP contribution in [0.2, 0.25) is 5.02 Å². The van der Waals surface area contributed by atoms with Gasteiger partial charge in [0.25, 0.3) is 0 Å². The minimum Gasteiger partial charge on any atom is -0.491 e. The van der Waals surface area contributed by atoms with E-state index in [-0.39, 0.29) is 11.2 Å². The molecule has 1 saturated carbocycles. The van der Waals surface area contributed by atoms with Crippen molar-refractivity contribution in [2.75, 3.05) is 20.3 Å². The first-order valence-corrected chi connectivity index (χ1v) is 8.92. The third-order valence-electron chi connectivity index (χ3n) is 4.68. The molecular formula is C20H23ClFNO2. The summed E-state index contributed by atoms with van der Waals surface area (Å²) in [5.74, 6) is 1.04. The smallest absolute Gasteiger partial charge is 0.179 e. The number of ether oxygens (including phenoxy) is 2. The van der Waals surface area contributed by atoms with Gasteiger partial charge in [-0.3, -0.25) is 0 Å². The van der Waals surface area contributed by atoms with Crippen molar-refractivity contribution >= 4 is 11.6 Å². The summed E-state index contributed by atoms with van der Waals surface area (Å²) >= 11 is 6.29. The van der Waals surface area contributed by atoms with E-state index in [1.54, 1.807) is 7.11 Å². The van der Waals surface area contributed by atoms with Crippen LogP contribution in [-0.2, 0) is 12.0 Å². The van der Waals surface area contributed by atoms with Crippen molar-refractivity contribution in [3.8, 4) is 11.5 Å². The van der Waals surface area contributed by atoms with Crippen molar-refractivity contribution in [1.82, 2.24) is 5.32 Å². The summed E-state index contributed by atoms with van der Waals surface area (Å²) in [5, 5.41) is 4.05. The van der Waals surface area contributed by atoms with Gasteiger partial charge in [0.2, 0.25) is 0 Å². The number of hydrogen-bond acceptors (Lipinski definition) is 3. The lowest BCUT2D eigenvalue weighted by Gasteiger charge is -2.18. The van der Waals surface area contributed by atoms with E-state index in [9.17, 15) is 4.39 Å². The van der Waals surface area contributed by atoms with Gasteiger partial charge >= 0.3 is 0 Å². The van der Waals surface area contributed by atoms with Gasteiger partial charge in [-0.05, 0) is 55.2 Å². The summed E-state index contributed by atoms with van der Waals surface area (Å²) in [6.45, 7) is 4.02. The van der Waals surface area contributed by atoms with Crippen molar-refractivity contribution in [3.05, 3.63) is 58.4 Å². The Balaban J connectivity index is 1.65. The Hall–Kier alpha value is -1.78. The average molecular weight is 364 g/mol. The minimum atomic E-state index is -0.191. The molecule has 25 heavy (non-hydrogen) atoms. The number of rotatable bonds is 8. The van der Waals surface area contributed by atoms with Crippen molar-refractivity contribution in [2.24, 2.45) is 0 Å². The van der Waals surface area contributed by atoms with Gasteiger partial charge in [-0.25, -0.2) is 4.39 Å². The summed E-state index contributed by atoms with van der Waals surface area (Å²) < 4.78 is 24.0. The first-order chi connectivity index (χ1) is 12.1. The normalized spacial score (nSPS) is 15.0. The Labute approximate surface area is 153 Å². The van der Waals surface area contributed by atoms with E-state index in [1.165, 1.54) is 17.7 Å². The van der Waals surface area contributed by atoms with Crippen LogP contribution in [0.1, 0.15) is 30.9 Å². The third-order valence-corrected chi connectivity index (χ3v) is 4.96. The summed E-state index contributed by atoms with van der Waals surface area (Å²) in [4.78, 5) is 0. The zero-order valence-electron chi connectivity index (χ0n) is 14.6. The second kappa shape index (κ2) is 7.63. The van der Waals surface area contributed by atoms with Gasteiger partial charge in [0.05, 0.1) is 18.7 Å². The van der Waals surface area contributed by atoms with E-state index >= 15 is 0 Å². The number of methoxy groups -OCH3 is 1. The topological polar surface area (TPSA) is 30.5 Å². The van der Waals surface area contributed by atoms with Crippen molar-refractivity contribution in [1.29, 1.82) is 0 Å². The van der Waals surface area contributed by atoms with Gasteiger partial charge in [-0.15, -0.1) is 0 Å². The van der Waals surface area contributed by atoms with Crippen LogP contribution < -0.4 is 14.8 Å². The van der Waals surface area contributed by atoms with E-state index < -0.39 is 0 Å². The Morgan fingerprint density at radius 3 is 2.52 bits per heavy atom. The van der Waals surface area contributed by atoms with E-state index in [1.807, 2.05) is 31.2 Å². The molecule has 0 spiro atoms. The molecule has 2 aromatic rings. The molecular weight excluding hydrogens is 341 g/mol. The van der Waals surface area contributed by atoms with Gasteiger partial charge in [-0.2, -0.15) is 0 Å². The van der Waals surface area contributed by atoms with Crippen LogP contribution in [0.5, 0.6) is 11.5 Å². The van der Waals surface area contributed by atoms with Gasteiger partial charge in [-0.1, -0.05) is 23.7 Å². The third kappa shape index (κ3) is 4.07. The molecule has 0 amide bonds. The summed E-state index contributed by atoms with van der Waals surface area (Å²) in [6.07, 6.45) is 2.25. The SMILES string of the molecule is CCOc1cc(CNCC2(c3ccc(F)cc3)CC2)cc(Cl)c1OC. The van der Waals surface area contributed by atoms with Crippen LogP contribution in [0.15, 0.2) is 36.4 Å². The molecule has 5 heteroatoms. The number of hydrogen-bond donors (Lipinski definition) is 1. The highest BCUT2D eigenvalue weighted by Crippen LogP contribution is 2.47. The first kappa shape index (κ1) is 18.0. The van der Waals surface area contributed by atoms with Gasteiger partial charge in [0.1, 0.15) is 5.82 Å². The predicted octanol–water partition coefficient (Wildman–Crippen LogP) is 4.71. The maximum absolute atomic E-state index is 13.1. The Kier molecular flexibility index (Phi) is 5.50. The molecule has 2 aromatic carbocycles. The van der Waals surface area contributed by atoms with E-state index in [2.05, 4.69) is 5.32 Å². The monoisotopic (exact) mass is 363 g/mol. The van der Waals surface area contributed by atoms with Crippen LogP contribution in [0.3, 0.4) is 0 Å². The molecule has 1 N–H and O–H groups in total. The quantitative estimate of drug-likeness (QED) is 0.736. The van der Waals surface area contributed by atoms with Crippen LogP contribution >= 0.6 is 11.6 Å². The van der Waals surface area contributed by atoms with E-state index in [0.717, 1.165) is 24.9 Å². The van der Waals surface area contributed by atoms with Crippen molar-refractivity contribution in [2.45, 2.75) is 31.7 Å². The molecule has 1 aliphatic rings. The molecule has 3 rings (SSSR count). The zero-order valence-corrected chi connectivity index (χ0v) is 15.3. The lowest BCUT2D eigenvalue weighted by atomic mass is 9.96. The van der Waals surface area contributed by atoms with Crippen molar-refractivity contribution < 1.29 is 13.9 Å². The van der Waals surface area contributed by atoms with Gasteiger partial charge in [0.15, 0.2) is 11.5 Å². The largest absolute Gasteiger partial charge is 0.491 e. The van der Waals surface area contributed by atoms with Crippen LogP contribution in [0.25, 0.3) is 0 Å². The maximum atomic E-state index is 13.1. The summed E-state index contributed by atoms with van der Waals surface area (Å²) in [5.41, 5.74) is 2.38. The molecule has 0 radical (unpaired) electrons. The number of halogens is 2. The fourth-order valence-electron chi connectivity index (χ4n) is 3.15. The molecule has 1 aliphatic carbocycles. The van der Waals surface area contributed by atoms with Crippen LogP contribution in [-0.4, -0.2) is 20.3 Å². The fraction of sp³-hybridized carbons (Fsp3) is 0.400. The molecule has 134 valence electrons. The highest BCUT2D eigenvalue weighted by atomic mass is 35.5. The van der Waals surface area contributed by atoms with Gasteiger partial charge in [0, 0.05) is 18.5 Å². The second-order valence-corrected chi connectivity index (χ2v) is 6.84. The van der Waals surface area contributed by atoms with Gasteiger partial charge < -0.3 is 14.8 Å². The van der Waals surface area contributed by atoms with Crippen LogP contribution in [0.4, 0.5) is 4.39 Å². The lowest BCUT2D eigenvalue weighted by molar-refractivity contribution is 0.310. The van der Waals surface area contributed by atoms with E-state index in [4.69, 9.17) is 21.1 Å². The Bertz CT molecular complexity index is 729. The first-order valence-electron chi connectivity index (χ1n) is 8.54. The summed E-state index contributed by atoms with van der Waals surface area (Å²) in [6, 6.07) is 10.7. The highest BCUT2D eigenvalue weighted by molar-refractivity contribution is 6.32. The fourth-order valence-corrected chi connectivity index (χ4v) is 3.46. The molecule has 0 saturated heterocycles. The molecule has 0 aliphatic heterocycles. The van der Waals surface area contributed by atoms with E-state index in [0.29, 0.717) is 29.7 Å². The molecule has 0 aromatic heterocycles. The molecule has 0 bridgehead atoms. The predicted molar refractivity (Wildman–Crippen MR) is 98.2 cm³/mol. The van der Waals surface area contributed by atoms with Crippen molar-refractivity contribution in [3.63, 3.8) is 0 Å². The molecule has 0 unspecified atom stereocenters. The molecule has 1 fully saturated rings. The average Bonchev–Trinajstić information content (AvgIpc) is 3.37. The molecule has 0 atom stereocenters. The summed E-state index contributed by atoms with van der Waals surface area (Å²) in [7, 11) is 1.58. The highest BCUT2D eigenvalue weighted by Gasteiger charge is 2.43. The minimum absolute atomic E-state index is 0.132. The molecule has 0 heterocycles. The maximum Gasteiger partial charge on any atom is 0.179 e. The molecule has 3 nitrogen and oxygen atoms in total. The Morgan fingerprint density at radius 1 is 1.20 bits per heavy atom.